The van der Waals surface area contributed by atoms with Crippen molar-refractivity contribution in [1.82, 2.24) is 5.32 Å². The van der Waals surface area contributed by atoms with Gasteiger partial charge in [0.2, 0.25) is 0 Å². The van der Waals surface area contributed by atoms with Crippen LogP contribution in [-0.4, -0.2) is 13.2 Å². The van der Waals surface area contributed by atoms with Gasteiger partial charge in [-0.2, -0.15) is 13.2 Å². The average molecular weight is 287 g/mol. The highest BCUT2D eigenvalue weighted by molar-refractivity contribution is 5.39. The molecule has 0 saturated heterocycles. The number of hydrogen-bond donors (Lipinski definition) is 1. The number of benzene rings is 1. The summed E-state index contributed by atoms with van der Waals surface area (Å²) in [5, 5.41) is 3.00. The molecule has 1 aromatic rings. The average Bonchev–Trinajstić information content (AvgIpc) is 2.35. The van der Waals surface area contributed by atoms with Crippen molar-refractivity contribution in [2.45, 2.75) is 33.5 Å². The molecule has 0 unspecified atom stereocenters. The van der Waals surface area contributed by atoms with Crippen LogP contribution in [0.25, 0.3) is 0 Å². The third-order valence-electron chi connectivity index (χ3n) is 2.66. The van der Waals surface area contributed by atoms with E-state index in [2.05, 4.69) is 5.32 Å². The van der Waals surface area contributed by atoms with E-state index in [4.69, 9.17) is 4.74 Å². The molecule has 0 aliphatic rings. The molecule has 0 spiro atoms. The summed E-state index contributed by atoms with van der Waals surface area (Å²) < 4.78 is 44.3. The topological polar surface area (TPSA) is 21.3 Å². The quantitative estimate of drug-likeness (QED) is 0.793. The van der Waals surface area contributed by atoms with Crippen LogP contribution in [0.5, 0.6) is 5.75 Å². The molecule has 112 valence electrons. The van der Waals surface area contributed by atoms with Crippen molar-refractivity contribution < 1.29 is 17.9 Å². The zero-order valence-electron chi connectivity index (χ0n) is 12.0. The van der Waals surface area contributed by atoms with Crippen molar-refractivity contribution >= 4 is 0 Å². The standard InChI is InChI=1S/C15H20F3NO/c1-4-19-10-12-5-6-14(20-8-7-11(2)3)13(9-12)15(16,17)18/h5-7,9,19H,4,8,10H2,1-3H3. The number of rotatable bonds is 6. The molecule has 0 aliphatic carbocycles. The van der Waals surface area contributed by atoms with Crippen molar-refractivity contribution in [2.24, 2.45) is 0 Å². The van der Waals surface area contributed by atoms with E-state index in [1.165, 1.54) is 6.07 Å². The second-order valence-electron chi connectivity index (χ2n) is 4.70. The summed E-state index contributed by atoms with van der Waals surface area (Å²) in [5.41, 5.74) is 0.867. The van der Waals surface area contributed by atoms with Crippen LogP contribution < -0.4 is 10.1 Å². The number of hydrogen-bond acceptors (Lipinski definition) is 2. The molecule has 0 aromatic heterocycles. The lowest BCUT2D eigenvalue weighted by Gasteiger charge is -2.15. The smallest absolute Gasteiger partial charge is 0.419 e. The third-order valence-corrected chi connectivity index (χ3v) is 2.66. The zero-order valence-corrected chi connectivity index (χ0v) is 12.0. The van der Waals surface area contributed by atoms with Gasteiger partial charge in [0.25, 0.3) is 0 Å². The lowest BCUT2D eigenvalue weighted by molar-refractivity contribution is -0.138. The fraction of sp³-hybridized carbons (Fsp3) is 0.467. The molecule has 0 aliphatic heterocycles. The molecule has 0 atom stereocenters. The van der Waals surface area contributed by atoms with E-state index >= 15 is 0 Å². The van der Waals surface area contributed by atoms with Gasteiger partial charge in [0.15, 0.2) is 0 Å². The van der Waals surface area contributed by atoms with E-state index in [0.717, 1.165) is 11.6 Å². The molecule has 0 radical (unpaired) electrons. The zero-order chi connectivity index (χ0) is 15.2. The summed E-state index contributed by atoms with van der Waals surface area (Å²) >= 11 is 0. The Balaban J connectivity index is 2.95. The van der Waals surface area contributed by atoms with Gasteiger partial charge in [0.1, 0.15) is 12.4 Å². The molecule has 0 fully saturated rings. The summed E-state index contributed by atoms with van der Waals surface area (Å²) in [4.78, 5) is 0. The van der Waals surface area contributed by atoms with Crippen molar-refractivity contribution in [3.05, 3.63) is 41.0 Å². The van der Waals surface area contributed by atoms with Crippen LogP contribution in [0.3, 0.4) is 0 Å². The highest BCUT2D eigenvalue weighted by atomic mass is 19.4. The van der Waals surface area contributed by atoms with Crippen molar-refractivity contribution in [2.75, 3.05) is 13.2 Å². The Morgan fingerprint density at radius 1 is 1.30 bits per heavy atom. The predicted molar refractivity (Wildman–Crippen MR) is 73.8 cm³/mol. The van der Waals surface area contributed by atoms with E-state index in [9.17, 15) is 13.2 Å². The number of nitrogens with one attached hydrogen (secondary N) is 1. The van der Waals surface area contributed by atoms with E-state index in [-0.39, 0.29) is 12.4 Å². The maximum absolute atomic E-state index is 13.0. The number of alkyl halides is 3. The van der Waals surface area contributed by atoms with Gasteiger partial charge in [-0.15, -0.1) is 0 Å². The Morgan fingerprint density at radius 2 is 2.00 bits per heavy atom. The van der Waals surface area contributed by atoms with Crippen LogP contribution >= 0.6 is 0 Å². The Bertz CT molecular complexity index is 463. The van der Waals surface area contributed by atoms with Crippen LogP contribution in [-0.2, 0) is 12.7 Å². The normalized spacial score (nSPS) is 11.3. The monoisotopic (exact) mass is 287 g/mol. The Kier molecular flexibility index (Phi) is 6.07. The van der Waals surface area contributed by atoms with E-state index in [1.807, 2.05) is 20.8 Å². The minimum atomic E-state index is -4.41. The van der Waals surface area contributed by atoms with Crippen molar-refractivity contribution in [3.8, 4) is 5.75 Å². The van der Waals surface area contributed by atoms with Gasteiger partial charge in [-0.05, 0) is 44.2 Å². The molecule has 20 heavy (non-hydrogen) atoms. The molecule has 1 aromatic carbocycles. The number of ether oxygens (including phenoxy) is 1. The molecule has 0 amide bonds. The molecule has 1 N–H and O–H groups in total. The summed E-state index contributed by atoms with van der Waals surface area (Å²) in [5.74, 6) is -0.129. The van der Waals surface area contributed by atoms with Gasteiger partial charge >= 0.3 is 6.18 Å². The molecule has 0 bridgehead atoms. The van der Waals surface area contributed by atoms with Gasteiger partial charge in [0, 0.05) is 6.54 Å². The Morgan fingerprint density at radius 3 is 2.55 bits per heavy atom. The van der Waals surface area contributed by atoms with Gasteiger partial charge in [0.05, 0.1) is 5.56 Å². The van der Waals surface area contributed by atoms with E-state index in [1.54, 1.807) is 12.1 Å². The van der Waals surface area contributed by atoms with Gasteiger partial charge in [-0.25, -0.2) is 0 Å². The Labute approximate surface area is 117 Å². The van der Waals surface area contributed by atoms with Crippen LogP contribution in [0.4, 0.5) is 13.2 Å². The first-order valence-corrected chi connectivity index (χ1v) is 6.51. The first-order valence-electron chi connectivity index (χ1n) is 6.51. The van der Waals surface area contributed by atoms with Gasteiger partial charge in [-0.1, -0.05) is 18.6 Å². The molecule has 5 heteroatoms. The highest BCUT2D eigenvalue weighted by Gasteiger charge is 2.34. The third kappa shape index (κ3) is 5.25. The minimum absolute atomic E-state index is 0.129. The predicted octanol–water partition coefficient (Wildman–Crippen LogP) is 4.16. The summed E-state index contributed by atoms with van der Waals surface area (Å²) in [6.07, 6.45) is -2.67. The second-order valence-corrected chi connectivity index (χ2v) is 4.70. The Hall–Kier alpha value is -1.49. The maximum atomic E-state index is 13.0. The largest absolute Gasteiger partial charge is 0.489 e. The molecule has 0 saturated carbocycles. The molecular formula is C15H20F3NO. The van der Waals surface area contributed by atoms with E-state index < -0.39 is 11.7 Å². The van der Waals surface area contributed by atoms with Crippen molar-refractivity contribution in [1.29, 1.82) is 0 Å². The minimum Gasteiger partial charge on any atom is -0.489 e. The van der Waals surface area contributed by atoms with E-state index in [0.29, 0.717) is 18.7 Å². The summed E-state index contributed by atoms with van der Waals surface area (Å²) in [6.45, 7) is 6.90. The lowest BCUT2D eigenvalue weighted by atomic mass is 10.1. The van der Waals surface area contributed by atoms with Crippen LogP contribution in [0.2, 0.25) is 0 Å². The van der Waals surface area contributed by atoms with Gasteiger partial charge < -0.3 is 10.1 Å². The SMILES string of the molecule is CCNCc1ccc(OCC=C(C)C)c(C(F)(F)F)c1. The lowest BCUT2D eigenvalue weighted by Crippen LogP contribution is -2.14. The fourth-order valence-electron chi connectivity index (χ4n) is 1.60. The van der Waals surface area contributed by atoms with Crippen LogP contribution in [0, 0.1) is 0 Å². The molecule has 0 heterocycles. The van der Waals surface area contributed by atoms with Crippen molar-refractivity contribution in [3.63, 3.8) is 0 Å². The highest BCUT2D eigenvalue weighted by Crippen LogP contribution is 2.36. The molecule has 1 rings (SSSR count). The first kappa shape index (κ1) is 16.6. The fourth-order valence-corrected chi connectivity index (χ4v) is 1.60. The van der Waals surface area contributed by atoms with Crippen LogP contribution in [0.1, 0.15) is 31.9 Å². The number of allylic oxidation sites excluding steroid dienone is 1. The molecular weight excluding hydrogens is 267 g/mol. The summed E-state index contributed by atoms with van der Waals surface area (Å²) in [6, 6.07) is 4.17. The number of halogens is 3. The van der Waals surface area contributed by atoms with Gasteiger partial charge in [-0.3, -0.25) is 0 Å². The second kappa shape index (κ2) is 7.33. The summed E-state index contributed by atoms with van der Waals surface area (Å²) in [7, 11) is 0. The van der Waals surface area contributed by atoms with Crippen LogP contribution in [0.15, 0.2) is 29.8 Å². The maximum Gasteiger partial charge on any atom is 0.419 e. The molecule has 2 nitrogen and oxygen atoms in total. The first-order chi connectivity index (χ1) is 9.34.